The number of halogens is 3. The molecule has 0 saturated carbocycles. The van der Waals surface area contributed by atoms with Crippen LogP contribution in [0.2, 0.25) is 0 Å². The zero-order valence-electron chi connectivity index (χ0n) is 22.6. The Morgan fingerprint density at radius 2 is 1.62 bits per heavy atom. The summed E-state index contributed by atoms with van der Waals surface area (Å²) in [7, 11) is 2.34. The molecule has 2 aromatic carbocycles. The maximum atomic E-state index is 14.5. The van der Waals surface area contributed by atoms with Crippen molar-refractivity contribution in [3.8, 4) is 0 Å². The van der Waals surface area contributed by atoms with E-state index in [9.17, 15) is 27.6 Å². The fourth-order valence-corrected chi connectivity index (χ4v) is 5.72. The molecule has 2 heterocycles. The standard InChI is InChI=1S/C31H26F3N3O5/c1-41-29(39)24-21(17-7-4-3-5-8-17)15-22-25(27(24)38)23(18-9-6-14-36-16-18)26(30(40)42-2)28(35)37(22)20-12-10-19(11-13-20)31(32,33)34/h3-14,16,21,23-24H,15,35H2,1-2H3/t21-,23-,24+/m0/s1. The minimum absolute atomic E-state index is 0.0811. The smallest absolute Gasteiger partial charge is 0.416 e. The van der Waals surface area contributed by atoms with Crippen molar-refractivity contribution in [1.29, 1.82) is 0 Å². The molecule has 0 fully saturated rings. The van der Waals surface area contributed by atoms with Crippen molar-refractivity contribution in [3.63, 3.8) is 0 Å². The number of benzene rings is 2. The average molecular weight is 578 g/mol. The lowest BCUT2D eigenvalue weighted by atomic mass is 9.67. The van der Waals surface area contributed by atoms with E-state index in [1.807, 2.05) is 0 Å². The Kier molecular flexibility index (Phi) is 7.59. The van der Waals surface area contributed by atoms with E-state index in [0.29, 0.717) is 16.8 Å². The van der Waals surface area contributed by atoms with E-state index in [2.05, 4.69) is 4.98 Å². The number of aromatic nitrogens is 1. The number of methoxy groups -OCH3 is 2. The second kappa shape index (κ2) is 11.2. The van der Waals surface area contributed by atoms with Crippen LogP contribution in [0.15, 0.2) is 102 Å². The molecule has 3 aromatic rings. The molecule has 8 nitrogen and oxygen atoms in total. The molecule has 11 heteroatoms. The van der Waals surface area contributed by atoms with Crippen LogP contribution in [0.5, 0.6) is 0 Å². The Labute approximate surface area is 239 Å². The second-order valence-electron chi connectivity index (χ2n) is 9.84. The number of rotatable bonds is 5. The first kappa shape index (κ1) is 28.6. The van der Waals surface area contributed by atoms with Crippen LogP contribution >= 0.6 is 0 Å². The van der Waals surface area contributed by atoms with Crippen molar-refractivity contribution in [1.82, 2.24) is 4.98 Å². The maximum absolute atomic E-state index is 14.5. The summed E-state index contributed by atoms with van der Waals surface area (Å²) in [4.78, 5) is 46.5. The highest BCUT2D eigenvalue weighted by Crippen LogP contribution is 2.51. The highest BCUT2D eigenvalue weighted by Gasteiger charge is 2.51. The number of esters is 2. The molecule has 5 rings (SSSR count). The van der Waals surface area contributed by atoms with E-state index < -0.39 is 47.2 Å². The third kappa shape index (κ3) is 4.91. The van der Waals surface area contributed by atoms with Gasteiger partial charge >= 0.3 is 18.1 Å². The number of hydrogen-bond donors (Lipinski definition) is 1. The molecule has 0 radical (unpaired) electrons. The molecule has 1 aliphatic carbocycles. The van der Waals surface area contributed by atoms with E-state index in [1.165, 1.54) is 36.5 Å². The Morgan fingerprint density at radius 1 is 0.952 bits per heavy atom. The monoisotopic (exact) mass is 577 g/mol. The van der Waals surface area contributed by atoms with Gasteiger partial charge in [-0.1, -0.05) is 36.4 Å². The van der Waals surface area contributed by atoms with Crippen LogP contribution in [0.1, 0.15) is 34.9 Å². The first-order valence-corrected chi connectivity index (χ1v) is 12.9. The highest BCUT2D eigenvalue weighted by molar-refractivity contribution is 6.14. The first-order valence-electron chi connectivity index (χ1n) is 12.9. The summed E-state index contributed by atoms with van der Waals surface area (Å²) >= 11 is 0. The lowest BCUT2D eigenvalue weighted by Gasteiger charge is -2.44. The van der Waals surface area contributed by atoms with Gasteiger partial charge in [-0.05, 0) is 47.9 Å². The molecule has 0 bridgehead atoms. The summed E-state index contributed by atoms with van der Waals surface area (Å²) < 4.78 is 50.3. The van der Waals surface area contributed by atoms with Gasteiger partial charge in [-0.3, -0.25) is 19.5 Å². The normalized spacial score (nSPS) is 20.7. The summed E-state index contributed by atoms with van der Waals surface area (Å²) in [6.07, 6.45) is -1.51. The lowest BCUT2D eigenvalue weighted by Crippen LogP contribution is -2.46. The molecular formula is C31H26F3N3O5. The predicted molar refractivity (Wildman–Crippen MR) is 145 cm³/mol. The molecule has 0 saturated heterocycles. The van der Waals surface area contributed by atoms with E-state index in [0.717, 1.165) is 19.2 Å². The summed E-state index contributed by atoms with van der Waals surface area (Å²) in [5.74, 6) is -5.34. The van der Waals surface area contributed by atoms with Crippen LogP contribution in [0.25, 0.3) is 0 Å². The molecule has 216 valence electrons. The van der Waals surface area contributed by atoms with Gasteiger partial charge in [0.25, 0.3) is 0 Å². The number of hydrogen-bond acceptors (Lipinski definition) is 8. The molecule has 42 heavy (non-hydrogen) atoms. The lowest BCUT2D eigenvalue weighted by molar-refractivity contribution is -0.150. The number of nitrogens with zero attached hydrogens (tertiary/aromatic N) is 2. The molecule has 1 aliphatic heterocycles. The van der Waals surface area contributed by atoms with Gasteiger partial charge in [0.2, 0.25) is 0 Å². The topological polar surface area (TPSA) is 112 Å². The van der Waals surface area contributed by atoms with Gasteiger partial charge in [0.15, 0.2) is 5.78 Å². The predicted octanol–water partition coefficient (Wildman–Crippen LogP) is 4.85. The van der Waals surface area contributed by atoms with Crippen molar-refractivity contribution in [2.24, 2.45) is 11.7 Å². The summed E-state index contributed by atoms with van der Waals surface area (Å²) in [5, 5.41) is 0. The Balaban J connectivity index is 1.80. The summed E-state index contributed by atoms with van der Waals surface area (Å²) in [5.41, 5.74) is 7.41. The number of allylic oxidation sites excluding steroid dienone is 2. The third-order valence-corrected chi connectivity index (χ3v) is 7.60. The number of carbonyl (C=O) groups excluding carboxylic acids is 3. The molecule has 2 aliphatic rings. The van der Waals surface area contributed by atoms with Gasteiger partial charge in [-0.2, -0.15) is 13.2 Å². The number of anilines is 1. The van der Waals surface area contributed by atoms with E-state index >= 15 is 0 Å². The van der Waals surface area contributed by atoms with E-state index in [-0.39, 0.29) is 29.1 Å². The zero-order chi connectivity index (χ0) is 30.2. The molecule has 0 amide bonds. The number of ketones is 1. The van der Waals surface area contributed by atoms with E-state index in [1.54, 1.807) is 42.5 Å². The molecule has 3 atom stereocenters. The summed E-state index contributed by atoms with van der Waals surface area (Å²) in [6, 6.07) is 16.4. The van der Waals surface area contributed by atoms with Crippen molar-refractivity contribution >= 4 is 23.4 Å². The number of alkyl halides is 3. The fourth-order valence-electron chi connectivity index (χ4n) is 5.72. The molecule has 2 N–H and O–H groups in total. The van der Waals surface area contributed by atoms with Crippen molar-refractivity contribution in [3.05, 3.63) is 118 Å². The second-order valence-corrected chi connectivity index (χ2v) is 9.84. The van der Waals surface area contributed by atoms with Gasteiger partial charge < -0.3 is 15.2 Å². The first-order chi connectivity index (χ1) is 20.1. The molecule has 0 unspecified atom stereocenters. The fraction of sp³-hybridized carbons (Fsp3) is 0.226. The van der Waals surface area contributed by atoms with Gasteiger partial charge in [-0.15, -0.1) is 0 Å². The van der Waals surface area contributed by atoms with Crippen LogP contribution in [-0.4, -0.2) is 36.9 Å². The zero-order valence-corrected chi connectivity index (χ0v) is 22.6. The van der Waals surface area contributed by atoms with E-state index in [4.69, 9.17) is 15.2 Å². The third-order valence-electron chi connectivity index (χ3n) is 7.60. The van der Waals surface area contributed by atoms with Crippen LogP contribution in [-0.2, 0) is 30.0 Å². The van der Waals surface area contributed by atoms with Crippen LogP contribution < -0.4 is 10.6 Å². The number of ether oxygens (including phenoxy) is 2. The average Bonchev–Trinajstić information content (AvgIpc) is 3.00. The quantitative estimate of drug-likeness (QED) is 0.339. The number of Topliss-reactive ketones (excluding diaryl/α,β-unsaturated/α-hetero) is 1. The van der Waals surface area contributed by atoms with Crippen molar-refractivity contribution in [2.45, 2.75) is 24.4 Å². The largest absolute Gasteiger partial charge is 0.468 e. The maximum Gasteiger partial charge on any atom is 0.416 e. The number of carbonyl (C=O) groups is 3. The number of pyridine rings is 1. The SMILES string of the molecule is COC(=O)C1=C(N)N(c2ccc(C(F)(F)F)cc2)C2=C(C(=O)[C@H](C(=O)OC)[C@H](c3ccccc3)C2)[C@@H]1c1cccnc1. The number of nitrogens with two attached hydrogens (primary N) is 1. The Morgan fingerprint density at radius 3 is 2.19 bits per heavy atom. The van der Waals surface area contributed by atoms with Crippen LogP contribution in [0, 0.1) is 5.92 Å². The molecule has 1 aromatic heterocycles. The van der Waals surface area contributed by atoms with Gasteiger partial charge in [0, 0.05) is 35.3 Å². The van der Waals surface area contributed by atoms with Gasteiger partial charge in [0.1, 0.15) is 11.7 Å². The van der Waals surface area contributed by atoms with Crippen LogP contribution in [0.3, 0.4) is 0 Å². The van der Waals surface area contributed by atoms with Crippen molar-refractivity contribution in [2.75, 3.05) is 19.1 Å². The van der Waals surface area contributed by atoms with Crippen molar-refractivity contribution < 1.29 is 37.0 Å². The highest BCUT2D eigenvalue weighted by atomic mass is 19.4. The minimum Gasteiger partial charge on any atom is -0.468 e. The minimum atomic E-state index is -4.58. The Hall–Kier alpha value is -4.93. The van der Waals surface area contributed by atoms with Gasteiger partial charge in [0.05, 0.1) is 31.3 Å². The Bertz CT molecular complexity index is 1590. The summed E-state index contributed by atoms with van der Waals surface area (Å²) in [6.45, 7) is 0. The molecule has 0 spiro atoms. The van der Waals surface area contributed by atoms with Gasteiger partial charge in [-0.25, -0.2) is 4.79 Å². The molecular weight excluding hydrogens is 551 g/mol. The van der Waals surface area contributed by atoms with Crippen LogP contribution in [0.4, 0.5) is 18.9 Å².